The monoisotopic (exact) mass is 261 g/mol. The van der Waals surface area contributed by atoms with Crippen molar-refractivity contribution in [2.24, 2.45) is 0 Å². The molecule has 0 amide bonds. The molecule has 0 aliphatic rings. The van der Waals surface area contributed by atoms with Crippen molar-refractivity contribution in [3.63, 3.8) is 0 Å². The van der Waals surface area contributed by atoms with Crippen LogP contribution in [0, 0.1) is 10.1 Å². The Morgan fingerprint density at radius 3 is 2.71 bits per heavy atom. The van der Waals surface area contributed by atoms with Crippen LogP contribution in [-0.4, -0.2) is 17.1 Å². The molecule has 0 saturated carbocycles. The van der Waals surface area contributed by atoms with E-state index in [0.717, 1.165) is 0 Å². The Kier molecular flexibility index (Phi) is 3.43. The predicted octanol–water partition coefficient (Wildman–Crippen LogP) is 1.86. The molecule has 6 heteroatoms. The second-order valence-electron chi connectivity index (χ2n) is 2.53. The van der Waals surface area contributed by atoms with Gasteiger partial charge in [-0.05, 0) is 22.0 Å². The SMILES string of the molecule is COc1cc([N+](=O)[O-])c(Br)cc1CO. The first-order valence-corrected chi connectivity index (χ1v) is 4.51. The smallest absolute Gasteiger partial charge is 0.287 e. The molecule has 0 bridgehead atoms. The second kappa shape index (κ2) is 4.39. The minimum atomic E-state index is -0.520. The van der Waals surface area contributed by atoms with Crippen LogP contribution in [0.15, 0.2) is 16.6 Å². The molecule has 1 aromatic carbocycles. The summed E-state index contributed by atoms with van der Waals surface area (Å²) in [4.78, 5) is 10.0. The minimum Gasteiger partial charge on any atom is -0.496 e. The fourth-order valence-corrected chi connectivity index (χ4v) is 1.57. The van der Waals surface area contributed by atoms with E-state index >= 15 is 0 Å². The summed E-state index contributed by atoms with van der Waals surface area (Å²) in [7, 11) is 1.39. The van der Waals surface area contributed by atoms with Gasteiger partial charge in [0.15, 0.2) is 0 Å². The lowest BCUT2D eigenvalue weighted by atomic mass is 10.2. The third kappa shape index (κ3) is 2.02. The van der Waals surface area contributed by atoms with Crippen molar-refractivity contribution in [3.8, 4) is 5.75 Å². The Balaban J connectivity index is 3.30. The van der Waals surface area contributed by atoms with E-state index in [-0.39, 0.29) is 12.3 Å². The molecular formula is C8H8BrNO4. The topological polar surface area (TPSA) is 72.6 Å². The third-order valence-electron chi connectivity index (χ3n) is 1.72. The number of hydrogen-bond acceptors (Lipinski definition) is 4. The number of aliphatic hydroxyl groups is 1. The lowest BCUT2D eigenvalue weighted by Crippen LogP contribution is -1.96. The molecule has 14 heavy (non-hydrogen) atoms. The van der Waals surface area contributed by atoms with E-state index in [1.54, 1.807) is 0 Å². The molecule has 0 aromatic heterocycles. The fraction of sp³-hybridized carbons (Fsp3) is 0.250. The van der Waals surface area contributed by atoms with Gasteiger partial charge in [-0.3, -0.25) is 10.1 Å². The van der Waals surface area contributed by atoms with Crippen molar-refractivity contribution in [2.45, 2.75) is 6.61 Å². The average Bonchev–Trinajstić information content (AvgIpc) is 2.16. The van der Waals surface area contributed by atoms with Crippen LogP contribution < -0.4 is 4.74 Å². The molecule has 76 valence electrons. The number of nitro benzene ring substituents is 1. The number of halogens is 1. The van der Waals surface area contributed by atoms with Crippen molar-refractivity contribution in [1.29, 1.82) is 0 Å². The van der Waals surface area contributed by atoms with Crippen LogP contribution in [0.1, 0.15) is 5.56 Å². The Labute approximate surface area is 88.6 Å². The zero-order valence-electron chi connectivity index (χ0n) is 7.36. The van der Waals surface area contributed by atoms with Crippen molar-refractivity contribution in [2.75, 3.05) is 7.11 Å². The normalized spacial score (nSPS) is 9.93. The minimum absolute atomic E-state index is 0.0842. The lowest BCUT2D eigenvalue weighted by Gasteiger charge is -2.06. The van der Waals surface area contributed by atoms with Gasteiger partial charge < -0.3 is 9.84 Å². The summed E-state index contributed by atoms with van der Waals surface area (Å²) in [6.45, 7) is -0.222. The van der Waals surface area contributed by atoms with E-state index in [1.165, 1.54) is 19.2 Å². The number of nitro groups is 1. The maximum Gasteiger partial charge on any atom is 0.287 e. The highest BCUT2D eigenvalue weighted by molar-refractivity contribution is 9.10. The van der Waals surface area contributed by atoms with E-state index in [0.29, 0.717) is 15.8 Å². The van der Waals surface area contributed by atoms with Crippen LogP contribution in [0.3, 0.4) is 0 Å². The van der Waals surface area contributed by atoms with Gasteiger partial charge in [-0.15, -0.1) is 0 Å². The van der Waals surface area contributed by atoms with E-state index < -0.39 is 4.92 Å². The zero-order chi connectivity index (χ0) is 10.7. The number of methoxy groups -OCH3 is 1. The summed E-state index contributed by atoms with van der Waals surface area (Å²) in [6.07, 6.45) is 0. The van der Waals surface area contributed by atoms with Crippen LogP contribution in [0.2, 0.25) is 0 Å². The molecule has 0 atom stereocenters. The van der Waals surface area contributed by atoms with Gasteiger partial charge in [-0.1, -0.05) is 0 Å². The Morgan fingerprint density at radius 1 is 1.64 bits per heavy atom. The molecule has 1 rings (SSSR count). The summed E-state index contributed by atoms with van der Waals surface area (Å²) in [6, 6.07) is 2.74. The average molecular weight is 262 g/mol. The van der Waals surface area contributed by atoms with E-state index in [2.05, 4.69) is 15.9 Å². The van der Waals surface area contributed by atoms with Gasteiger partial charge in [-0.2, -0.15) is 0 Å². The van der Waals surface area contributed by atoms with E-state index in [1.807, 2.05) is 0 Å². The molecular weight excluding hydrogens is 254 g/mol. The van der Waals surface area contributed by atoms with Gasteiger partial charge in [0.1, 0.15) is 5.75 Å². The molecule has 1 aromatic rings. The fourth-order valence-electron chi connectivity index (χ4n) is 1.04. The largest absolute Gasteiger partial charge is 0.496 e. The van der Waals surface area contributed by atoms with E-state index in [4.69, 9.17) is 9.84 Å². The number of hydrogen-bond donors (Lipinski definition) is 1. The maximum atomic E-state index is 10.5. The number of aliphatic hydroxyl groups excluding tert-OH is 1. The summed E-state index contributed by atoms with van der Waals surface area (Å²) in [5.74, 6) is 0.308. The van der Waals surface area contributed by atoms with Crippen LogP contribution in [0.4, 0.5) is 5.69 Å². The van der Waals surface area contributed by atoms with Gasteiger partial charge in [0.05, 0.1) is 29.2 Å². The molecule has 0 fully saturated rings. The number of rotatable bonds is 3. The maximum absolute atomic E-state index is 10.5. The number of ether oxygens (including phenoxy) is 1. The summed E-state index contributed by atoms with van der Waals surface area (Å²) >= 11 is 3.04. The third-order valence-corrected chi connectivity index (χ3v) is 2.35. The molecule has 0 saturated heterocycles. The van der Waals surface area contributed by atoms with E-state index in [9.17, 15) is 10.1 Å². The summed E-state index contributed by atoms with van der Waals surface area (Å²) in [5, 5.41) is 19.5. The first-order chi connectivity index (χ1) is 6.60. The molecule has 1 N–H and O–H groups in total. The summed E-state index contributed by atoms with van der Waals surface area (Å²) < 4.78 is 5.22. The zero-order valence-corrected chi connectivity index (χ0v) is 8.94. The van der Waals surface area contributed by atoms with Crippen molar-refractivity contribution >= 4 is 21.6 Å². The molecule has 0 aliphatic heterocycles. The van der Waals surface area contributed by atoms with Crippen LogP contribution in [0.25, 0.3) is 0 Å². The highest BCUT2D eigenvalue weighted by atomic mass is 79.9. The van der Waals surface area contributed by atoms with Gasteiger partial charge in [-0.25, -0.2) is 0 Å². The van der Waals surface area contributed by atoms with Crippen molar-refractivity contribution in [3.05, 3.63) is 32.3 Å². The van der Waals surface area contributed by atoms with Gasteiger partial charge >= 0.3 is 0 Å². The van der Waals surface area contributed by atoms with Crippen LogP contribution >= 0.6 is 15.9 Å². The molecule has 0 spiro atoms. The quantitative estimate of drug-likeness (QED) is 0.666. The van der Waals surface area contributed by atoms with Gasteiger partial charge in [0.2, 0.25) is 0 Å². The molecule has 0 aliphatic carbocycles. The standard InChI is InChI=1S/C8H8BrNO4/c1-14-8-3-7(10(12)13)6(9)2-5(8)4-11/h2-3,11H,4H2,1H3. The van der Waals surface area contributed by atoms with Gasteiger partial charge in [0.25, 0.3) is 5.69 Å². The lowest BCUT2D eigenvalue weighted by molar-refractivity contribution is -0.385. The Hall–Kier alpha value is -1.14. The highest BCUT2D eigenvalue weighted by Crippen LogP contribution is 2.32. The highest BCUT2D eigenvalue weighted by Gasteiger charge is 2.16. The second-order valence-corrected chi connectivity index (χ2v) is 3.39. The van der Waals surface area contributed by atoms with Crippen molar-refractivity contribution < 1.29 is 14.8 Å². The Morgan fingerprint density at radius 2 is 2.29 bits per heavy atom. The van der Waals surface area contributed by atoms with Crippen LogP contribution in [-0.2, 0) is 6.61 Å². The van der Waals surface area contributed by atoms with Gasteiger partial charge in [0, 0.05) is 5.56 Å². The first-order valence-electron chi connectivity index (χ1n) is 3.71. The molecule has 0 unspecified atom stereocenters. The van der Waals surface area contributed by atoms with Crippen LogP contribution in [0.5, 0.6) is 5.75 Å². The number of nitrogens with zero attached hydrogens (tertiary/aromatic N) is 1. The Bertz CT molecular complexity index is 367. The number of benzene rings is 1. The summed E-state index contributed by atoms with van der Waals surface area (Å²) in [5.41, 5.74) is 0.420. The molecule has 0 heterocycles. The van der Waals surface area contributed by atoms with Crippen molar-refractivity contribution in [1.82, 2.24) is 0 Å². The first kappa shape index (κ1) is 10.9. The molecule has 5 nitrogen and oxygen atoms in total. The molecule has 0 radical (unpaired) electrons. The predicted molar refractivity (Wildman–Crippen MR) is 53.3 cm³/mol.